The highest BCUT2D eigenvalue weighted by Gasteiger charge is 2.20. The van der Waals surface area contributed by atoms with Gasteiger partial charge in [0.2, 0.25) is 0 Å². The van der Waals surface area contributed by atoms with Crippen molar-refractivity contribution in [1.82, 2.24) is 39.9 Å². The molecule has 0 saturated heterocycles. The van der Waals surface area contributed by atoms with E-state index in [0.717, 1.165) is 154 Å². The Balaban J connectivity index is 0.000000143. The monoisotopic (exact) mass is 1370 g/mol. The summed E-state index contributed by atoms with van der Waals surface area (Å²) in [6.07, 6.45) is 0. The Kier molecular flexibility index (Phi) is 15.7. The number of rotatable bonds is 10. The predicted molar refractivity (Wildman–Crippen MR) is 447 cm³/mol. The first-order valence-corrected chi connectivity index (χ1v) is 36.4. The van der Waals surface area contributed by atoms with Gasteiger partial charge < -0.3 is 0 Å². The summed E-state index contributed by atoms with van der Waals surface area (Å²) in [4.78, 5) is 41.3. The fourth-order valence-electron chi connectivity index (χ4n) is 15.3. The van der Waals surface area contributed by atoms with Gasteiger partial charge in [0, 0.05) is 87.6 Å². The van der Waals surface area contributed by atoms with Gasteiger partial charge in [0.25, 0.3) is 0 Å². The van der Waals surface area contributed by atoms with Crippen LogP contribution < -0.4 is 0 Å². The molecule has 0 saturated carbocycles. The molecule has 8 heteroatoms. The summed E-state index contributed by atoms with van der Waals surface area (Å²) >= 11 is 0. The summed E-state index contributed by atoms with van der Waals surface area (Å²) in [5.74, 6) is 1.39. The van der Waals surface area contributed by atoms with Crippen LogP contribution in [0.1, 0.15) is 0 Å². The Morgan fingerprint density at radius 2 is 0.454 bits per heavy atom. The number of hydrogen-bond donors (Lipinski definition) is 0. The molecule has 15 aromatic carbocycles. The van der Waals surface area contributed by atoms with E-state index >= 15 is 0 Å². The molecule has 0 bridgehead atoms. The zero-order valence-corrected chi connectivity index (χ0v) is 58.4. The summed E-state index contributed by atoms with van der Waals surface area (Å²) in [6, 6.07) is 131. The van der Waals surface area contributed by atoms with Crippen LogP contribution in [0.3, 0.4) is 0 Å². The molecule has 502 valence electrons. The van der Waals surface area contributed by atoms with Crippen molar-refractivity contribution in [3.63, 3.8) is 0 Å². The van der Waals surface area contributed by atoms with Crippen LogP contribution in [0.4, 0.5) is 0 Å². The third-order valence-corrected chi connectivity index (χ3v) is 20.7. The van der Waals surface area contributed by atoms with Gasteiger partial charge in [-0.15, -0.1) is 0 Å². The quantitative estimate of drug-likeness (QED) is 0.0985. The zero-order chi connectivity index (χ0) is 71.4. The number of hydrogen-bond acceptors (Lipinski definition) is 8. The van der Waals surface area contributed by atoms with Crippen molar-refractivity contribution < 1.29 is 0 Å². The van der Waals surface area contributed by atoms with E-state index in [9.17, 15) is 0 Å². The first-order valence-electron chi connectivity index (χ1n) is 36.4. The average molecular weight is 1380 g/mol. The maximum absolute atomic E-state index is 5.29. The largest absolute Gasteiger partial charge is 0.245 e. The van der Waals surface area contributed by atoms with Crippen molar-refractivity contribution in [3.8, 4) is 112 Å². The molecule has 0 radical (unpaired) electrons. The second-order valence-corrected chi connectivity index (χ2v) is 27.3. The summed E-state index contributed by atoms with van der Waals surface area (Å²) in [7, 11) is 0. The van der Waals surface area contributed by atoms with Crippen molar-refractivity contribution in [3.05, 3.63) is 376 Å². The van der Waals surface area contributed by atoms with Gasteiger partial charge in [0.1, 0.15) is 0 Å². The maximum Gasteiger partial charge on any atom is 0.160 e. The normalized spacial score (nSPS) is 11.5. The van der Waals surface area contributed by atoms with Crippen LogP contribution in [0.5, 0.6) is 0 Å². The number of benzene rings is 15. The molecule has 0 fully saturated rings. The van der Waals surface area contributed by atoms with Crippen molar-refractivity contribution >= 4 is 98.0 Å². The lowest BCUT2D eigenvalue weighted by atomic mass is 9.95. The molecule has 6 heterocycles. The van der Waals surface area contributed by atoms with Crippen LogP contribution in [0.25, 0.3) is 210 Å². The van der Waals surface area contributed by atoms with E-state index in [2.05, 4.69) is 334 Å². The van der Waals surface area contributed by atoms with E-state index in [1.807, 2.05) is 42.5 Å². The number of para-hydroxylation sites is 4. The highest BCUT2D eigenvalue weighted by Crippen LogP contribution is 2.42. The van der Waals surface area contributed by atoms with Crippen LogP contribution in [-0.2, 0) is 0 Å². The topological polar surface area (TPSA) is 103 Å². The van der Waals surface area contributed by atoms with Crippen LogP contribution in [0.2, 0.25) is 0 Å². The third kappa shape index (κ3) is 11.6. The zero-order valence-electron chi connectivity index (χ0n) is 58.4. The molecule has 6 aromatic heterocycles. The molecule has 0 spiro atoms. The maximum atomic E-state index is 5.29. The van der Waals surface area contributed by atoms with Crippen molar-refractivity contribution in [2.24, 2.45) is 0 Å². The lowest BCUT2D eigenvalue weighted by molar-refractivity contribution is 1.23. The van der Waals surface area contributed by atoms with E-state index in [1.165, 1.54) is 44.5 Å². The Hall–Kier alpha value is -14.6. The Morgan fingerprint density at radius 1 is 0.148 bits per heavy atom. The number of aromatic nitrogens is 8. The Morgan fingerprint density at radius 3 is 0.907 bits per heavy atom. The molecule has 0 unspecified atom stereocenters. The minimum absolute atomic E-state index is 0.689. The first-order chi connectivity index (χ1) is 53.5. The Bertz CT molecular complexity index is 7060. The lowest BCUT2D eigenvalue weighted by Crippen LogP contribution is -1.95. The van der Waals surface area contributed by atoms with Gasteiger partial charge in [0.15, 0.2) is 11.6 Å². The molecule has 0 aliphatic carbocycles. The molecule has 8 nitrogen and oxygen atoms in total. The number of fused-ring (bicyclic) bond motifs is 11. The summed E-state index contributed by atoms with van der Waals surface area (Å²) in [5.41, 5.74) is 26.6. The van der Waals surface area contributed by atoms with E-state index < -0.39 is 0 Å². The molecule has 21 rings (SSSR count). The molecule has 108 heavy (non-hydrogen) atoms. The predicted octanol–water partition coefficient (Wildman–Crippen LogP) is 25.6. The van der Waals surface area contributed by atoms with Crippen LogP contribution >= 0.6 is 0 Å². The molecule has 0 atom stereocenters. The fourth-order valence-corrected chi connectivity index (χ4v) is 15.3. The highest BCUT2D eigenvalue weighted by molar-refractivity contribution is 6.18. The van der Waals surface area contributed by atoms with E-state index in [4.69, 9.17) is 39.9 Å². The first kappa shape index (κ1) is 63.1. The minimum atomic E-state index is 0.689. The van der Waals surface area contributed by atoms with Gasteiger partial charge in [0.05, 0.1) is 66.9 Å². The molecule has 0 aliphatic heterocycles. The molecule has 21 aromatic rings. The SMILES string of the molecule is c1ccc(-c2ccc(-c3nc(-c4ccc(-c5ccc6ccc7c(-c8ccccc8)c8ccccc8nc7c6n5)cc4)nc4ccccc34)cc2)cc1.c1ccc(-c2ccc(-c3nc(-c4ccc5cc(-c6ccc7ccc8c(-c9ccccc9)c9ccccc9nc8c7n6)ccc5c4)nc4ccccc34)cc2)cc1. The molecule has 0 N–H and O–H groups in total. The van der Waals surface area contributed by atoms with Crippen LogP contribution in [0, 0.1) is 0 Å². The van der Waals surface area contributed by atoms with Gasteiger partial charge in [-0.3, -0.25) is 0 Å². The van der Waals surface area contributed by atoms with E-state index in [-0.39, 0.29) is 0 Å². The van der Waals surface area contributed by atoms with E-state index in [0.29, 0.717) is 11.6 Å². The second-order valence-electron chi connectivity index (χ2n) is 27.3. The van der Waals surface area contributed by atoms with E-state index in [1.54, 1.807) is 0 Å². The number of nitrogens with zero attached hydrogens (tertiary/aromatic N) is 8. The number of pyridine rings is 4. The smallest absolute Gasteiger partial charge is 0.160 e. The summed E-state index contributed by atoms with van der Waals surface area (Å²) in [5, 5.41) is 10.9. The standard InChI is InChI=1S/C52H32N4.C48H30N4/c1-3-11-33(12-4-1)34-19-21-36(22-20-34)49-43-16-8-10-18-47(43)55-52(56-49)41-26-24-38-31-40(25-23-39(38)32-41)45-30-28-37-27-29-44-48(35-13-5-2-6-14-35)42-15-7-9-17-46(42)54-51(44)50(37)53-45;1-3-11-31(12-4-1)32-19-23-35(24-20-32)45-39-16-8-10-18-43(39)51-48(52-45)37-25-21-33(22-26-37)41-30-28-36-27-29-40-44(34-13-5-2-6-14-34)38-15-7-9-17-42(38)50-47(40)46(36)49-41/h1-32H;1-30H. The van der Waals surface area contributed by atoms with Gasteiger partial charge in [-0.1, -0.05) is 328 Å². The molecule has 0 aliphatic rings. The third-order valence-electron chi connectivity index (χ3n) is 20.7. The molecule has 0 amide bonds. The lowest BCUT2D eigenvalue weighted by Gasteiger charge is -2.13. The van der Waals surface area contributed by atoms with Gasteiger partial charge in [-0.05, 0) is 92.7 Å². The summed E-state index contributed by atoms with van der Waals surface area (Å²) in [6.45, 7) is 0. The van der Waals surface area contributed by atoms with Gasteiger partial charge in [-0.25, -0.2) is 39.9 Å². The summed E-state index contributed by atoms with van der Waals surface area (Å²) < 4.78 is 0. The van der Waals surface area contributed by atoms with Crippen LogP contribution in [0.15, 0.2) is 376 Å². The second kappa shape index (κ2) is 26.9. The highest BCUT2D eigenvalue weighted by atomic mass is 14.9. The molecular formula is C100H62N8. The van der Waals surface area contributed by atoms with Gasteiger partial charge in [-0.2, -0.15) is 0 Å². The fraction of sp³-hybridized carbons (Fsp3) is 0. The molecular weight excluding hydrogens is 1310 g/mol. The average Bonchev–Trinajstić information content (AvgIpc) is 0.741. The van der Waals surface area contributed by atoms with Crippen LogP contribution in [-0.4, -0.2) is 39.9 Å². The van der Waals surface area contributed by atoms with Gasteiger partial charge >= 0.3 is 0 Å². The Labute approximate surface area is 622 Å². The van der Waals surface area contributed by atoms with Crippen molar-refractivity contribution in [2.75, 3.05) is 0 Å². The van der Waals surface area contributed by atoms with Crippen molar-refractivity contribution in [1.29, 1.82) is 0 Å². The van der Waals surface area contributed by atoms with Crippen molar-refractivity contribution in [2.45, 2.75) is 0 Å². The minimum Gasteiger partial charge on any atom is -0.245 e.